The molecule has 0 aliphatic carbocycles. The first-order valence-electron chi connectivity index (χ1n) is 6.12. The molecule has 19 heavy (non-hydrogen) atoms. The number of aliphatic hydroxyl groups is 1. The van der Waals surface area contributed by atoms with Crippen molar-refractivity contribution in [2.45, 2.75) is 19.1 Å². The monoisotopic (exact) mass is 268 g/mol. The molecular formula is C13H17FN2O3. The van der Waals surface area contributed by atoms with Crippen molar-refractivity contribution < 1.29 is 19.0 Å². The van der Waals surface area contributed by atoms with E-state index in [2.05, 4.69) is 0 Å². The lowest BCUT2D eigenvalue weighted by molar-refractivity contribution is -0.0859. The van der Waals surface area contributed by atoms with E-state index in [1.54, 1.807) is 6.92 Å². The third kappa shape index (κ3) is 3.02. The Kier molecular flexibility index (Phi) is 4.01. The number of anilines is 1. The summed E-state index contributed by atoms with van der Waals surface area (Å²) >= 11 is 0. The van der Waals surface area contributed by atoms with Gasteiger partial charge in [-0.3, -0.25) is 4.79 Å². The van der Waals surface area contributed by atoms with E-state index >= 15 is 0 Å². The zero-order valence-electron chi connectivity index (χ0n) is 10.7. The normalized spacial score (nSPS) is 23.4. The molecule has 1 aliphatic heterocycles. The Balaban J connectivity index is 2.21. The maximum absolute atomic E-state index is 13.7. The highest BCUT2D eigenvalue weighted by Gasteiger charge is 2.29. The van der Waals surface area contributed by atoms with Crippen LogP contribution in [0.15, 0.2) is 18.2 Å². The molecule has 1 aliphatic rings. The number of morpholine rings is 1. The van der Waals surface area contributed by atoms with E-state index in [0.29, 0.717) is 12.2 Å². The number of ether oxygens (including phenoxy) is 1. The van der Waals surface area contributed by atoms with Crippen LogP contribution in [0, 0.1) is 5.82 Å². The van der Waals surface area contributed by atoms with Gasteiger partial charge < -0.3 is 20.5 Å². The van der Waals surface area contributed by atoms with Crippen molar-refractivity contribution in [3.05, 3.63) is 29.6 Å². The first-order valence-corrected chi connectivity index (χ1v) is 6.12. The molecule has 2 unspecified atom stereocenters. The summed E-state index contributed by atoms with van der Waals surface area (Å²) in [6, 6.07) is 3.91. The number of nitrogens with zero attached hydrogens (tertiary/aromatic N) is 1. The number of nitrogens with two attached hydrogens (primary N) is 1. The molecule has 2 atom stereocenters. The number of amides is 1. The molecule has 0 saturated carbocycles. The number of benzene rings is 1. The van der Waals surface area contributed by atoms with Crippen LogP contribution in [0.4, 0.5) is 10.1 Å². The van der Waals surface area contributed by atoms with Crippen LogP contribution in [-0.4, -0.2) is 47.8 Å². The standard InChI is InChI=1S/C13H17FN2O3/c1-8-5-16(6-10(7-17)19-8)13(18)11-4-9(15)2-3-12(11)14/h2-4,8,10,17H,5-7,15H2,1H3. The Morgan fingerprint density at radius 2 is 2.32 bits per heavy atom. The quantitative estimate of drug-likeness (QED) is 0.771. The van der Waals surface area contributed by atoms with Crippen molar-refractivity contribution in [1.29, 1.82) is 0 Å². The lowest BCUT2D eigenvalue weighted by Crippen LogP contribution is -2.50. The molecule has 3 N–H and O–H groups in total. The van der Waals surface area contributed by atoms with Gasteiger partial charge in [0.1, 0.15) is 5.82 Å². The van der Waals surface area contributed by atoms with Crippen LogP contribution >= 0.6 is 0 Å². The molecule has 1 amide bonds. The molecule has 5 nitrogen and oxygen atoms in total. The second-order valence-corrected chi connectivity index (χ2v) is 4.70. The molecule has 0 aromatic heterocycles. The van der Waals surface area contributed by atoms with Gasteiger partial charge in [-0.2, -0.15) is 0 Å². The van der Waals surface area contributed by atoms with Crippen molar-refractivity contribution in [2.24, 2.45) is 0 Å². The molecule has 0 bridgehead atoms. The Bertz CT molecular complexity index is 481. The van der Waals surface area contributed by atoms with Gasteiger partial charge in [-0.05, 0) is 25.1 Å². The Labute approximate surface area is 110 Å². The highest BCUT2D eigenvalue weighted by molar-refractivity contribution is 5.95. The van der Waals surface area contributed by atoms with Crippen molar-refractivity contribution in [2.75, 3.05) is 25.4 Å². The molecule has 2 rings (SSSR count). The van der Waals surface area contributed by atoms with E-state index in [1.165, 1.54) is 23.1 Å². The highest BCUT2D eigenvalue weighted by atomic mass is 19.1. The summed E-state index contributed by atoms with van der Waals surface area (Å²) in [6.45, 7) is 2.24. The lowest BCUT2D eigenvalue weighted by Gasteiger charge is -2.36. The van der Waals surface area contributed by atoms with Crippen molar-refractivity contribution in [1.82, 2.24) is 4.90 Å². The minimum Gasteiger partial charge on any atom is -0.399 e. The molecule has 0 radical (unpaired) electrons. The molecule has 1 aromatic carbocycles. The van der Waals surface area contributed by atoms with Crippen LogP contribution in [0.25, 0.3) is 0 Å². The van der Waals surface area contributed by atoms with Gasteiger partial charge in [0, 0.05) is 18.8 Å². The van der Waals surface area contributed by atoms with Crippen LogP contribution in [-0.2, 0) is 4.74 Å². The van der Waals surface area contributed by atoms with E-state index < -0.39 is 17.8 Å². The molecule has 6 heteroatoms. The van der Waals surface area contributed by atoms with Crippen LogP contribution in [0.1, 0.15) is 17.3 Å². The number of nitrogen functional groups attached to an aromatic ring is 1. The van der Waals surface area contributed by atoms with Crippen LogP contribution < -0.4 is 5.73 Å². The minimum atomic E-state index is -0.598. The van der Waals surface area contributed by atoms with Crippen molar-refractivity contribution in [3.8, 4) is 0 Å². The lowest BCUT2D eigenvalue weighted by atomic mass is 10.1. The zero-order chi connectivity index (χ0) is 14.0. The number of halogens is 1. The highest BCUT2D eigenvalue weighted by Crippen LogP contribution is 2.18. The third-order valence-corrected chi connectivity index (χ3v) is 3.04. The fourth-order valence-corrected chi connectivity index (χ4v) is 2.19. The van der Waals surface area contributed by atoms with Gasteiger partial charge in [0.2, 0.25) is 0 Å². The summed E-state index contributed by atoms with van der Waals surface area (Å²) < 4.78 is 19.1. The van der Waals surface area contributed by atoms with Crippen LogP contribution in [0.5, 0.6) is 0 Å². The number of carbonyl (C=O) groups is 1. The number of carbonyl (C=O) groups excluding carboxylic acids is 1. The topological polar surface area (TPSA) is 75.8 Å². The largest absolute Gasteiger partial charge is 0.399 e. The predicted octanol–water partition coefficient (Wildman–Crippen LogP) is 0.630. The van der Waals surface area contributed by atoms with Gasteiger partial charge in [0.25, 0.3) is 5.91 Å². The van der Waals surface area contributed by atoms with Gasteiger partial charge in [0.05, 0.1) is 24.4 Å². The summed E-state index contributed by atoms with van der Waals surface area (Å²) in [4.78, 5) is 13.8. The van der Waals surface area contributed by atoms with E-state index in [4.69, 9.17) is 15.6 Å². The van der Waals surface area contributed by atoms with E-state index in [-0.39, 0.29) is 24.8 Å². The number of rotatable bonds is 2. The SMILES string of the molecule is CC1CN(C(=O)c2cc(N)ccc2F)CC(CO)O1. The Morgan fingerprint density at radius 1 is 1.58 bits per heavy atom. The van der Waals surface area contributed by atoms with Crippen molar-refractivity contribution in [3.63, 3.8) is 0 Å². The smallest absolute Gasteiger partial charge is 0.257 e. The minimum absolute atomic E-state index is 0.0502. The summed E-state index contributed by atoms with van der Waals surface area (Å²) in [5, 5.41) is 9.12. The van der Waals surface area contributed by atoms with Crippen LogP contribution in [0.3, 0.4) is 0 Å². The molecular weight excluding hydrogens is 251 g/mol. The second-order valence-electron chi connectivity index (χ2n) is 4.70. The van der Waals surface area contributed by atoms with Gasteiger partial charge in [-0.15, -0.1) is 0 Å². The molecule has 1 fully saturated rings. The molecule has 0 spiro atoms. The maximum atomic E-state index is 13.7. The molecule has 1 saturated heterocycles. The van der Waals surface area contributed by atoms with Gasteiger partial charge >= 0.3 is 0 Å². The fraction of sp³-hybridized carbons (Fsp3) is 0.462. The second kappa shape index (κ2) is 5.54. The zero-order valence-corrected chi connectivity index (χ0v) is 10.7. The Morgan fingerprint density at radius 3 is 3.00 bits per heavy atom. The first-order chi connectivity index (χ1) is 9.01. The van der Waals surface area contributed by atoms with E-state index in [1.807, 2.05) is 0 Å². The van der Waals surface area contributed by atoms with Crippen molar-refractivity contribution >= 4 is 11.6 Å². The van der Waals surface area contributed by atoms with Crippen LogP contribution in [0.2, 0.25) is 0 Å². The average Bonchev–Trinajstić information content (AvgIpc) is 2.40. The fourth-order valence-electron chi connectivity index (χ4n) is 2.19. The van der Waals surface area contributed by atoms with E-state index in [0.717, 1.165) is 0 Å². The van der Waals surface area contributed by atoms with Gasteiger partial charge in [0.15, 0.2) is 0 Å². The average molecular weight is 268 g/mol. The predicted molar refractivity (Wildman–Crippen MR) is 68.1 cm³/mol. The number of aliphatic hydroxyl groups excluding tert-OH is 1. The number of hydrogen-bond donors (Lipinski definition) is 2. The Hall–Kier alpha value is -1.66. The third-order valence-electron chi connectivity index (χ3n) is 3.04. The molecule has 1 aromatic rings. The molecule has 1 heterocycles. The van der Waals surface area contributed by atoms with E-state index in [9.17, 15) is 9.18 Å². The first kappa shape index (κ1) is 13.8. The summed E-state index contributed by atoms with van der Waals surface area (Å²) in [5.41, 5.74) is 5.86. The summed E-state index contributed by atoms with van der Waals surface area (Å²) in [7, 11) is 0. The summed E-state index contributed by atoms with van der Waals surface area (Å²) in [6.07, 6.45) is -0.629. The summed E-state index contributed by atoms with van der Waals surface area (Å²) in [5.74, 6) is -1.03. The van der Waals surface area contributed by atoms with Gasteiger partial charge in [-0.1, -0.05) is 0 Å². The molecule has 104 valence electrons. The van der Waals surface area contributed by atoms with Gasteiger partial charge in [-0.25, -0.2) is 4.39 Å². The number of hydrogen-bond acceptors (Lipinski definition) is 4. The maximum Gasteiger partial charge on any atom is 0.257 e.